The molecular formula is C17H27N3O. The molecule has 4 heteroatoms. The summed E-state index contributed by atoms with van der Waals surface area (Å²) in [5.74, 6) is 0.213. The van der Waals surface area contributed by atoms with Crippen molar-refractivity contribution in [3.05, 3.63) is 29.8 Å². The standard InChI is InChI=1S/C17H27N3O/c1-19(12-6-11-18)17(21)10-14-20-13-5-4-8-15-7-2-3-9-16(15)20/h2-3,7,9H,4-6,8,10-14,18H2,1H3. The van der Waals surface area contributed by atoms with Gasteiger partial charge in [-0.15, -0.1) is 0 Å². The molecule has 0 radical (unpaired) electrons. The molecule has 1 aliphatic rings. The molecule has 0 unspecified atom stereocenters. The summed E-state index contributed by atoms with van der Waals surface area (Å²) in [5.41, 5.74) is 8.22. The number of anilines is 1. The topological polar surface area (TPSA) is 49.6 Å². The third kappa shape index (κ3) is 4.46. The summed E-state index contributed by atoms with van der Waals surface area (Å²) in [6.45, 7) is 3.25. The highest BCUT2D eigenvalue weighted by Crippen LogP contribution is 2.26. The minimum atomic E-state index is 0.213. The maximum atomic E-state index is 12.1. The van der Waals surface area contributed by atoms with Crippen molar-refractivity contribution in [2.24, 2.45) is 5.73 Å². The van der Waals surface area contributed by atoms with E-state index in [1.807, 2.05) is 7.05 Å². The first-order chi connectivity index (χ1) is 10.2. The number of rotatable bonds is 6. The van der Waals surface area contributed by atoms with Crippen LogP contribution in [0.15, 0.2) is 24.3 Å². The fourth-order valence-electron chi connectivity index (χ4n) is 2.88. The zero-order valence-corrected chi connectivity index (χ0v) is 13.1. The van der Waals surface area contributed by atoms with Gasteiger partial charge in [-0.1, -0.05) is 18.2 Å². The van der Waals surface area contributed by atoms with Crippen LogP contribution in [-0.2, 0) is 11.2 Å². The van der Waals surface area contributed by atoms with E-state index < -0.39 is 0 Å². The van der Waals surface area contributed by atoms with E-state index in [4.69, 9.17) is 5.73 Å². The number of para-hydroxylation sites is 1. The molecule has 0 aliphatic carbocycles. The molecule has 1 heterocycles. The minimum Gasteiger partial charge on any atom is -0.371 e. The van der Waals surface area contributed by atoms with Crippen LogP contribution in [0.2, 0.25) is 0 Å². The monoisotopic (exact) mass is 289 g/mol. The number of benzene rings is 1. The van der Waals surface area contributed by atoms with E-state index in [2.05, 4.69) is 29.2 Å². The van der Waals surface area contributed by atoms with Crippen molar-refractivity contribution in [2.45, 2.75) is 32.1 Å². The molecule has 0 bridgehead atoms. The average Bonchev–Trinajstić information content (AvgIpc) is 2.72. The van der Waals surface area contributed by atoms with Crippen LogP contribution in [0.5, 0.6) is 0 Å². The molecule has 2 rings (SSSR count). The molecule has 2 N–H and O–H groups in total. The maximum absolute atomic E-state index is 12.1. The first-order valence-corrected chi connectivity index (χ1v) is 7.99. The van der Waals surface area contributed by atoms with Gasteiger partial charge in [0.05, 0.1) is 0 Å². The summed E-state index contributed by atoms with van der Waals surface area (Å²) in [7, 11) is 1.87. The lowest BCUT2D eigenvalue weighted by Crippen LogP contribution is -2.33. The lowest BCUT2D eigenvalue weighted by molar-refractivity contribution is -0.129. The van der Waals surface area contributed by atoms with Crippen LogP contribution in [0.4, 0.5) is 5.69 Å². The number of amides is 1. The van der Waals surface area contributed by atoms with Crippen molar-refractivity contribution < 1.29 is 4.79 Å². The predicted octanol–water partition coefficient (Wildman–Crippen LogP) is 2.03. The predicted molar refractivity (Wildman–Crippen MR) is 87.5 cm³/mol. The maximum Gasteiger partial charge on any atom is 0.224 e. The molecule has 0 saturated carbocycles. The lowest BCUT2D eigenvalue weighted by Gasteiger charge is -2.26. The second-order valence-electron chi connectivity index (χ2n) is 5.78. The van der Waals surface area contributed by atoms with Crippen LogP contribution in [0.1, 0.15) is 31.2 Å². The molecule has 0 atom stereocenters. The van der Waals surface area contributed by atoms with Crippen molar-refractivity contribution in [1.29, 1.82) is 0 Å². The van der Waals surface area contributed by atoms with Crippen LogP contribution in [-0.4, -0.2) is 44.0 Å². The van der Waals surface area contributed by atoms with E-state index in [9.17, 15) is 4.79 Å². The molecule has 21 heavy (non-hydrogen) atoms. The zero-order valence-electron chi connectivity index (χ0n) is 13.1. The largest absolute Gasteiger partial charge is 0.371 e. The van der Waals surface area contributed by atoms with E-state index in [0.717, 1.165) is 32.5 Å². The Morgan fingerprint density at radius 3 is 2.95 bits per heavy atom. The van der Waals surface area contributed by atoms with Crippen LogP contribution in [0.25, 0.3) is 0 Å². The quantitative estimate of drug-likeness (QED) is 0.871. The molecule has 1 aliphatic heterocycles. The highest BCUT2D eigenvalue weighted by molar-refractivity contribution is 5.76. The van der Waals surface area contributed by atoms with Crippen LogP contribution in [0.3, 0.4) is 0 Å². The number of hydrogen-bond donors (Lipinski definition) is 1. The van der Waals surface area contributed by atoms with Gasteiger partial charge >= 0.3 is 0 Å². The third-order valence-corrected chi connectivity index (χ3v) is 4.18. The van der Waals surface area contributed by atoms with Crippen LogP contribution >= 0.6 is 0 Å². The number of nitrogens with zero attached hydrogens (tertiary/aromatic N) is 2. The number of carbonyl (C=O) groups is 1. The Kier molecular flexibility index (Phi) is 6.05. The molecule has 1 aromatic rings. The van der Waals surface area contributed by atoms with Gasteiger partial charge in [0.15, 0.2) is 0 Å². The Morgan fingerprint density at radius 2 is 2.14 bits per heavy atom. The Bertz CT molecular complexity index is 461. The second kappa shape index (κ2) is 8.03. The van der Waals surface area contributed by atoms with Gasteiger partial charge < -0.3 is 15.5 Å². The summed E-state index contributed by atoms with van der Waals surface area (Å²) in [5, 5.41) is 0. The van der Waals surface area contributed by atoms with Gasteiger partial charge in [0.2, 0.25) is 5.91 Å². The van der Waals surface area contributed by atoms with Gasteiger partial charge in [0.25, 0.3) is 0 Å². The van der Waals surface area contributed by atoms with Crippen molar-refractivity contribution in [3.63, 3.8) is 0 Å². The molecule has 0 aromatic heterocycles. The van der Waals surface area contributed by atoms with E-state index in [1.54, 1.807) is 4.90 Å². The van der Waals surface area contributed by atoms with Crippen LogP contribution < -0.4 is 10.6 Å². The first kappa shape index (κ1) is 15.8. The number of hydrogen-bond acceptors (Lipinski definition) is 3. The summed E-state index contributed by atoms with van der Waals surface area (Å²) in [4.78, 5) is 16.3. The molecule has 0 fully saturated rings. The molecule has 1 aromatic carbocycles. The van der Waals surface area contributed by atoms with E-state index >= 15 is 0 Å². The fourth-order valence-corrected chi connectivity index (χ4v) is 2.88. The van der Waals surface area contributed by atoms with E-state index in [-0.39, 0.29) is 5.91 Å². The Morgan fingerprint density at radius 1 is 1.33 bits per heavy atom. The summed E-state index contributed by atoms with van der Waals surface area (Å²) < 4.78 is 0. The highest BCUT2D eigenvalue weighted by Gasteiger charge is 2.16. The van der Waals surface area contributed by atoms with Crippen molar-refractivity contribution in [3.8, 4) is 0 Å². The summed E-state index contributed by atoms with van der Waals surface area (Å²) in [6, 6.07) is 8.59. The molecule has 4 nitrogen and oxygen atoms in total. The normalized spacial score (nSPS) is 14.5. The SMILES string of the molecule is CN(CCCN)C(=O)CCN1CCCCc2ccccc21. The number of carbonyl (C=O) groups excluding carboxylic acids is 1. The fraction of sp³-hybridized carbons (Fsp3) is 0.588. The molecule has 116 valence electrons. The third-order valence-electron chi connectivity index (χ3n) is 4.18. The minimum absolute atomic E-state index is 0.213. The van der Waals surface area contributed by atoms with Crippen LogP contribution in [0, 0.1) is 0 Å². The number of aryl methyl sites for hydroxylation is 1. The number of nitrogens with two attached hydrogens (primary N) is 1. The Balaban J connectivity index is 1.92. The molecule has 1 amide bonds. The molecular weight excluding hydrogens is 262 g/mol. The van der Waals surface area contributed by atoms with Gasteiger partial charge in [-0.05, 0) is 43.9 Å². The lowest BCUT2D eigenvalue weighted by atomic mass is 10.1. The van der Waals surface area contributed by atoms with Crippen molar-refractivity contribution in [1.82, 2.24) is 4.90 Å². The Labute approximate surface area is 127 Å². The first-order valence-electron chi connectivity index (χ1n) is 7.99. The smallest absolute Gasteiger partial charge is 0.224 e. The van der Waals surface area contributed by atoms with Gasteiger partial charge in [-0.3, -0.25) is 4.79 Å². The second-order valence-corrected chi connectivity index (χ2v) is 5.78. The average molecular weight is 289 g/mol. The van der Waals surface area contributed by atoms with Gasteiger partial charge in [0, 0.05) is 38.8 Å². The summed E-state index contributed by atoms with van der Waals surface area (Å²) in [6.07, 6.45) is 5.03. The van der Waals surface area contributed by atoms with Crippen molar-refractivity contribution in [2.75, 3.05) is 38.1 Å². The van der Waals surface area contributed by atoms with E-state index in [0.29, 0.717) is 13.0 Å². The number of fused-ring (bicyclic) bond motifs is 1. The van der Waals surface area contributed by atoms with Gasteiger partial charge in [0.1, 0.15) is 0 Å². The highest BCUT2D eigenvalue weighted by atomic mass is 16.2. The van der Waals surface area contributed by atoms with Crippen molar-refractivity contribution >= 4 is 11.6 Å². The molecule has 0 saturated heterocycles. The molecule has 0 spiro atoms. The Hall–Kier alpha value is -1.55. The zero-order chi connectivity index (χ0) is 15.1. The van der Waals surface area contributed by atoms with Gasteiger partial charge in [-0.2, -0.15) is 0 Å². The van der Waals surface area contributed by atoms with E-state index in [1.165, 1.54) is 24.1 Å². The van der Waals surface area contributed by atoms with Gasteiger partial charge in [-0.25, -0.2) is 0 Å². The summed E-state index contributed by atoms with van der Waals surface area (Å²) >= 11 is 0.